The van der Waals surface area contributed by atoms with Crippen LogP contribution < -0.4 is 0 Å². The first-order valence-corrected chi connectivity index (χ1v) is 6.74. The number of hydrogen-bond donors (Lipinski definition) is 1. The lowest BCUT2D eigenvalue weighted by molar-refractivity contribution is -0.0588. The Bertz CT molecular complexity index is 744. The first-order chi connectivity index (χ1) is 10.5. The number of H-pyrrole nitrogens is 1. The van der Waals surface area contributed by atoms with Crippen molar-refractivity contribution in [2.24, 2.45) is 0 Å². The average Bonchev–Trinajstić information content (AvgIpc) is 3.08. The Morgan fingerprint density at radius 1 is 1.18 bits per heavy atom. The number of amides is 2. The van der Waals surface area contributed by atoms with Crippen molar-refractivity contribution in [2.75, 3.05) is 0 Å². The van der Waals surface area contributed by atoms with E-state index in [1.54, 1.807) is 12.1 Å². The minimum Gasteiger partial charge on any atom is -0.322 e. The second kappa shape index (κ2) is 5.10. The van der Waals surface area contributed by atoms with Gasteiger partial charge in [-0.3, -0.25) is 14.7 Å². The number of nitrogens with zero attached hydrogens (tertiary/aromatic N) is 2. The fourth-order valence-electron chi connectivity index (χ4n) is 2.12. The lowest BCUT2D eigenvalue weighted by atomic mass is 10.1. The highest BCUT2D eigenvalue weighted by molar-refractivity contribution is 6.21. The second-order valence-corrected chi connectivity index (χ2v) is 5.19. The molecule has 22 heavy (non-hydrogen) atoms. The highest BCUT2D eigenvalue weighted by Gasteiger charge is 2.39. The Labute approximate surface area is 125 Å². The van der Waals surface area contributed by atoms with E-state index in [4.69, 9.17) is 4.84 Å². The molecule has 1 N–H and O–H groups in total. The van der Waals surface area contributed by atoms with E-state index in [1.165, 1.54) is 18.2 Å². The number of carbonyl (C=O) groups excluding carboxylic acids is 3. The maximum Gasteiger partial charge on any atom is 0.384 e. The van der Waals surface area contributed by atoms with Crippen molar-refractivity contribution in [3.63, 3.8) is 0 Å². The zero-order chi connectivity index (χ0) is 15.9. The third-order valence-electron chi connectivity index (χ3n) is 3.36. The summed E-state index contributed by atoms with van der Waals surface area (Å²) in [4.78, 5) is 41.1. The number of benzene rings is 1. The number of aromatic nitrogens is 2. The van der Waals surface area contributed by atoms with E-state index in [0.29, 0.717) is 5.06 Å². The monoisotopic (exact) mass is 299 g/mol. The van der Waals surface area contributed by atoms with Crippen LogP contribution in [0.2, 0.25) is 0 Å². The van der Waals surface area contributed by atoms with Gasteiger partial charge in [0.2, 0.25) is 0 Å². The molecule has 7 nitrogen and oxygen atoms in total. The molecule has 3 rings (SSSR count). The van der Waals surface area contributed by atoms with Crippen molar-refractivity contribution in [2.45, 2.75) is 19.8 Å². The minimum atomic E-state index is -0.863. The number of carbonyl (C=O) groups is 3. The lowest BCUT2D eigenvalue weighted by Crippen LogP contribution is -2.32. The molecular formula is C15H13N3O4. The van der Waals surface area contributed by atoms with Crippen LogP contribution in [0.25, 0.3) is 0 Å². The van der Waals surface area contributed by atoms with Gasteiger partial charge in [-0.1, -0.05) is 31.0 Å². The molecule has 2 amide bonds. The minimum absolute atomic E-state index is 0.0141. The van der Waals surface area contributed by atoms with Crippen LogP contribution in [0.3, 0.4) is 0 Å². The van der Waals surface area contributed by atoms with Crippen LogP contribution in [-0.2, 0) is 4.84 Å². The van der Waals surface area contributed by atoms with Crippen LogP contribution in [0.1, 0.15) is 56.7 Å². The fourth-order valence-corrected chi connectivity index (χ4v) is 2.12. The molecule has 0 radical (unpaired) electrons. The summed E-state index contributed by atoms with van der Waals surface area (Å²) in [5, 5.41) is 7.01. The van der Waals surface area contributed by atoms with Gasteiger partial charge in [0.15, 0.2) is 5.69 Å². The summed E-state index contributed by atoms with van der Waals surface area (Å²) in [6.07, 6.45) is 0. The lowest BCUT2D eigenvalue weighted by Gasteiger charge is -2.11. The summed E-state index contributed by atoms with van der Waals surface area (Å²) in [6.45, 7) is 3.87. The summed E-state index contributed by atoms with van der Waals surface area (Å²) < 4.78 is 0. The third kappa shape index (κ3) is 2.16. The van der Waals surface area contributed by atoms with Gasteiger partial charge in [-0.2, -0.15) is 5.10 Å². The van der Waals surface area contributed by atoms with Crippen LogP contribution in [0, 0.1) is 0 Å². The number of imide groups is 1. The first kappa shape index (κ1) is 14.0. The molecule has 1 aliphatic heterocycles. The normalized spacial score (nSPS) is 13.7. The maximum absolute atomic E-state index is 12.1. The van der Waals surface area contributed by atoms with Crippen molar-refractivity contribution >= 4 is 17.8 Å². The van der Waals surface area contributed by atoms with Crippen LogP contribution >= 0.6 is 0 Å². The summed E-state index contributed by atoms with van der Waals surface area (Å²) >= 11 is 0. The van der Waals surface area contributed by atoms with Crippen molar-refractivity contribution < 1.29 is 19.2 Å². The van der Waals surface area contributed by atoms with Gasteiger partial charge in [0.1, 0.15) is 0 Å². The number of fused-ring (bicyclic) bond motifs is 1. The molecule has 112 valence electrons. The zero-order valence-electron chi connectivity index (χ0n) is 12.0. The third-order valence-corrected chi connectivity index (χ3v) is 3.36. The molecule has 1 aromatic heterocycles. The Morgan fingerprint density at radius 2 is 1.77 bits per heavy atom. The molecule has 2 heterocycles. The molecule has 1 aromatic carbocycles. The highest BCUT2D eigenvalue weighted by atomic mass is 16.7. The van der Waals surface area contributed by atoms with Crippen LogP contribution in [0.15, 0.2) is 30.3 Å². The van der Waals surface area contributed by atoms with Gasteiger partial charge in [0, 0.05) is 5.69 Å². The largest absolute Gasteiger partial charge is 0.384 e. The molecule has 0 spiro atoms. The van der Waals surface area contributed by atoms with Gasteiger partial charge in [-0.25, -0.2) is 4.79 Å². The quantitative estimate of drug-likeness (QED) is 0.874. The summed E-state index contributed by atoms with van der Waals surface area (Å²) in [5.41, 5.74) is 1.20. The van der Waals surface area contributed by atoms with Crippen LogP contribution in [0.4, 0.5) is 0 Å². The molecule has 0 saturated carbocycles. The van der Waals surface area contributed by atoms with Crippen molar-refractivity contribution in [3.05, 3.63) is 52.8 Å². The van der Waals surface area contributed by atoms with Gasteiger partial charge in [0.25, 0.3) is 11.8 Å². The predicted octanol–water partition coefficient (Wildman–Crippen LogP) is 1.90. The molecule has 0 fully saturated rings. The predicted molar refractivity (Wildman–Crippen MR) is 75.0 cm³/mol. The number of aromatic amines is 1. The van der Waals surface area contributed by atoms with Gasteiger partial charge in [-0.05, 0) is 24.1 Å². The Hall–Kier alpha value is -2.96. The van der Waals surface area contributed by atoms with Gasteiger partial charge in [-0.15, -0.1) is 0 Å². The van der Waals surface area contributed by atoms with Crippen molar-refractivity contribution in [1.29, 1.82) is 0 Å². The number of hydrogen-bond acceptors (Lipinski definition) is 5. The second-order valence-electron chi connectivity index (χ2n) is 5.19. The maximum atomic E-state index is 12.1. The summed E-state index contributed by atoms with van der Waals surface area (Å²) in [5.74, 6) is -2.02. The molecule has 0 unspecified atom stereocenters. The van der Waals surface area contributed by atoms with E-state index >= 15 is 0 Å². The number of hydroxylamine groups is 2. The summed E-state index contributed by atoms with van der Waals surface area (Å²) in [6, 6.07) is 7.82. The molecule has 0 aliphatic carbocycles. The Morgan fingerprint density at radius 3 is 2.27 bits per heavy atom. The van der Waals surface area contributed by atoms with Gasteiger partial charge < -0.3 is 4.84 Å². The van der Waals surface area contributed by atoms with E-state index in [0.717, 1.165) is 5.69 Å². The van der Waals surface area contributed by atoms with Crippen LogP contribution in [-0.4, -0.2) is 33.0 Å². The molecule has 0 atom stereocenters. The topological polar surface area (TPSA) is 92.4 Å². The smallest absolute Gasteiger partial charge is 0.322 e. The Kier molecular flexibility index (Phi) is 3.25. The molecule has 0 bridgehead atoms. The standard InChI is InChI=1S/C15H13N3O4/c1-8(2)11-7-12(17-16-11)15(21)22-18-13(19)9-5-3-4-6-10(9)14(18)20/h3-8H,1-2H3,(H,16,17). The van der Waals surface area contributed by atoms with E-state index in [-0.39, 0.29) is 22.7 Å². The molecule has 2 aromatic rings. The van der Waals surface area contributed by atoms with Crippen molar-refractivity contribution in [1.82, 2.24) is 15.3 Å². The van der Waals surface area contributed by atoms with Crippen molar-refractivity contribution in [3.8, 4) is 0 Å². The zero-order valence-corrected chi connectivity index (χ0v) is 12.0. The Balaban J connectivity index is 1.80. The first-order valence-electron chi connectivity index (χ1n) is 6.74. The number of rotatable bonds is 3. The molecular weight excluding hydrogens is 286 g/mol. The average molecular weight is 299 g/mol. The van der Waals surface area contributed by atoms with Gasteiger partial charge in [0.05, 0.1) is 11.1 Å². The van der Waals surface area contributed by atoms with E-state index in [9.17, 15) is 14.4 Å². The summed E-state index contributed by atoms with van der Waals surface area (Å²) in [7, 11) is 0. The highest BCUT2D eigenvalue weighted by Crippen LogP contribution is 2.23. The molecule has 0 saturated heterocycles. The number of nitrogens with one attached hydrogen (secondary N) is 1. The van der Waals surface area contributed by atoms with E-state index < -0.39 is 17.8 Å². The van der Waals surface area contributed by atoms with E-state index in [2.05, 4.69) is 10.2 Å². The molecule has 7 heteroatoms. The van der Waals surface area contributed by atoms with Gasteiger partial charge >= 0.3 is 5.97 Å². The van der Waals surface area contributed by atoms with Crippen LogP contribution in [0.5, 0.6) is 0 Å². The fraction of sp³-hybridized carbons (Fsp3) is 0.200. The van der Waals surface area contributed by atoms with E-state index in [1.807, 2.05) is 13.8 Å². The SMILES string of the molecule is CC(C)c1cc(C(=O)ON2C(=O)c3ccccc3C2=O)n[nH]1. The molecule has 1 aliphatic rings.